The van der Waals surface area contributed by atoms with Gasteiger partial charge in [0.15, 0.2) is 5.96 Å². The molecule has 1 atom stereocenters. The lowest BCUT2D eigenvalue weighted by molar-refractivity contribution is -0.146. The molecule has 23 heavy (non-hydrogen) atoms. The largest absolute Gasteiger partial charge is 0.460 e. The molecule has 0 saturated heterocycles. The first kappa shape index (κ1) is 18.9. The smallest absolute Gasteiger partial charge is 0.323 e. The maximum absolute atomic E-state index is 11.8. The number of carbonyl (C=O) groups excluding carboxylic acids is 1. The van der Waals surface area contributed by atoms with E-state index in [-0.39, 0.29) is 6.61 Å². The van der Waals surface area contributed by atoms with E-state index in [0.717, 1.165) is 11.1 Å². The Morgan fingerprint density at radius 3 is 2.91 bits per heavy atom. The number of rotatable bonds is 9. The summed E-state index contributed by atoms with van der Waals surface area (Å²) in [7, 11) is 1.60. The molecule has 0 fully saturated rings. The number of carbonyl (C=O) groups is 1. The van der Waals surface area contributed by atoms with Crippen molar-refractivity contribution in [2.75, 3.05) is 26.8 Å². The molecule has 0 saturated carbocycles. The Morgan fingerprint density at radius 1 is 1.43 bits per heavy atom. The SMILES string of the molecule is COCCN=C(N)NCC[C@H](N)C(=O)OCc1cccc(C)c1. The van der Waals surface area contributed by atoms with Crippen LogP contribution < -0.4 is 16.8 Å². The van der Waals surface area contributed by atoms with Crippen LogP contribution >= 0.6 is 0 Å². The van der Waals surface area contributed by atoms with E-state index in [0.29, 0.717) is 32.1 Å². The van der Waals surface area contributed by atoms with Gasteiger partial charge in [0.2, 0.25) is 0 Å². The van der Waals surface area contributed by atoms with E-state index in [1.54, 1.807) is 7.11 Å². The molecule has 0 aliphatic carbocycles. The zero-order chi connectivity index (χ0) is 17.1. The Labute approximate surface area is 137 Å². The van der Waals surface area contributed by atoms with E-state index in [9.17, 15) is 4.79 Å². The first-order valence-corrected chi connectivity index (χ1v) is 7.53. The zero-order valence-corrected chi connectivity index (χ0v) is 13.7. The minimum Gasteiger partial charge on any atom is -0.460 e. The van der Waals surface area contributed by atoms with Crippen molar-refractivity contribution < 1.29 is 14.3 Å². The predicted molar refractivity (Wildman–Crippen MR) is 89.9 cm³/mol. The van der Waals surface area contributed by atoms with Crippen LogP contribution in [0.2, 0.25) is 0 Å². The minimum atomic E-state index is -0.695. The number of nitrogens with two attached hydrogens (primary N) is 2. The minimum absolute atomic E-state index is 0.224. The summed E-state index contributed by atoms with van der Waals surface area (Å²) in [6.07, 6.45) is 0.410. The fourth-order valence-electron chi connectivity index (χ4n) is 1.85. The van der Waals surface area contributed by atoms with Crippen molar-refractivity contribution in [2.45, 2.75) is 26.0 Å². The van der Waals surface area contributed by atoms with Crippen molar-refractivity contribution in [3.05, 3.63) is 35.4 Å². The fraction of sp³-hybridized carbons (Fsp3) is 0.500. The van der Waals surface area contributed by atoms with E-state index in [2.05, 4.69) is 10.3 Å². The van der Waals surface area contributed by atoms with Gasteiger partial charge >= 0.3 is 5.97 Å². The quantitative estimate of drug-likeness (QED) is 0.261. The molecular weight excluding hydrogens is 296 g/mol. The van der Waals surface area contributed by atoms with Gasteiger partial charge in [-0.3, -0.25) is 9.79 Å². The molecule has 1 aromatic rings. The molecule has 0 spiro atoms. The van der Waals surface area contributed by atoms with Crippen molar-refractivity contribution in [1.82, 2.24) is 5.32 Å². The molecule has 1 aromatic carbocycles. The molecule has 0 aromatic heterocycles. The fourth-order valence-corrected chi connectivity index (χ4v) is 1.85. The Bertz CT molecular complexity index is 520. The molecule has 7 heteroatoms. The zero-order valence-electron chi connectivity index (χ0n) is 13.7. The molecular formula is C16H26N4O3. The second-order valence-corrected chi connectivity index (χ2v) is 5.18. The maximum atomic E-state index is 11.8. The van der Waals surface area contributed by atoms with Gasteiger partial charge in [-0.05, 0) is 18.9 Å². The summed E-state index contributed by atoms with van der Waals surface area (Å²) >= 11 is 0. The first-order chi connectivity index (χ1) is 11.0. The third-order valence-corrected chi connectivity index (χ3v) is 3.11. The van der Waals surface area contributed by atoms with Crippen LogP contribution in [0, 0.1) is 6.92 Å². The van der Waals surface area contributed by atoms with Gasteiger partial charge in [-0.2, -0.15) is 0 Å². The van der Waals surface area contributed by atoms with E-state index in [4.69, 9.17) is 20.9 Å². The number of aryl methyl sites for hydroxylation is 1. The number of hydrogen-bond acceptors (Lipinski definition) is 5. The average Bonchev–Trinajstić information content (AvgIpc) is 2.52. The Kier molecular flexibility index (Phi) is 8.71. The number of guanidine groups is 1. The highest BCUT2D eigenvalue weighted by Gasteiger charge is 2.14. The predicted octanol–water partition coefficient (Wildman–Crippen LogP) is 0.306. The van der Waals surface area contributed by atoms with Crippen molar-refractivity contribution in [3.63, 3.8) is 0 Å². The lowest BCUT2D eigenvalue weighted by Crippen LogP contribution is -2.39. The van der Waals surface area contributed by atoms with Gasteiger partial charge in [0.1, 0.15) is 12.6 Å². The number of methoxy groups -OCH3 is 1. The third-order valence-electron chi connectivity index (χ3n) is 3.11. The molecule has 7 nitrogen and oxygen atoms in total. The van der Waals surface area contributed by atoms with Gasteiger partial charge in [-0.1, -0.05) is 29.8 Å². The normalized spacial score (nSPS) is 12.7. The van der Waals surface area contributed by atoms with Crippen LogP contribution in [0.4, 0.5) is 0 Å². The van der Waals surface area contributed by atoms with Gasteiger partial charge in [-0.15, -0.1) is 0 Å². The molecule has 0 aliphatic heterocycles. The monoisotopic (exact) mass is 322 g/mol. The number of nitrogens with zero attached hydrogens (tertiary/aromatic N) is 1. The lowest BCUT2D eigenvalue weighted by atomic mass is 10.1. The topological polar surface area (TPSA) is 112 Å². The van der Waals surface area contributed by atoms with Gasteiger partial charge < -0.3 is 26.3 Å². The summed E-state index contributed by atoms with van der Waals surface area (Å²) in [5, 5.41) is 2.89. The molecule has 0 unspecified atom stereocenters. The number of nitrogens with one attached hydrogen (secondary N) is 1. The van der Waals surface area contributed by atoms with Gasteiger partial charge in [0.25, 0.3) is 0 Å². The van der Waals surface area contributed by atoms with E-state index in [1.165, 1.54) is 0 Å². The standard InChI is InChI=1S/C16H26N4O3/c1-12-4-3-5-13(10-12)11-23-15(21)14(17)6-7-19-16(18)20-8-9-22-2/h3-5,10,14H,6-9,11,17H2,1-2H3,(H3,18,19,20)/t14-/m0/s1. The number of hydrogen-bond donors (Lipinski definition) is 3. The molecule has 1 rings (SSSR count). The van der Waals surface area contributed by atoms with Gasteiger partial charge in [0.05, 0.1) is 13.2 Å². The van der Waals surface area contributed by atoms with Gasteiger partial charge in [-0.25, -0.2) is 0 Å². The number of esters is 1. The molecule has 5 N–H and O–H groups in total. The van der Waals surface area contributed by atoms with Crippen LogP contribution in [-0.4, -0.2) is 44.8 Å². The molecule has 0 aliphatic rings. The second kappa shape index (κ2) is 10.6. The van der Waals surface area contributed by atoms with Crippen LogP contribution in [0.5, 0.6) is 0 Å². The lowest BCUT2D eigenvalue weighted by Gasteiger charge is -2.12. The van der Waals surface area contributed by atoms with Crippen molar-refractivity contribution >= 4 is 11.9 Å². The van der Waals surface area contributed by atoms with E-state index in [1.807, 2.05) is 31.2 Å². The highest BCUT2D eigenvalue weighted by Crippen LogP contribution is 2.06. The highest BCUT2D eigenvalue weighted by molar-refractivity contribution is 5.78. The summed E-state index contributed by atoms with van der Waals surface area (Å²) in [6.45, 7) is 3.65. The molecule has 128 valence electrons. The van der Waals surface area contributed by atoms with E-state index >= 15 is 0 Å². The summed E-state index contributed by atoms with van der Waals surface area (Å²) in [6, 6.07) is 7.09. The maximum Gasteiger partial charge on any atom is 0.323 e. The Balaban J connectivity index is 2.24. The summed E-state index contributed by atoms with van der Waals surface area (Å²) in [5.74, 6) is -0.120. The van der Waals surface area contributed by atoms with Crippen LogP contribution in [0.25, 0.3) is 0 Å². The molecule has 0 radical (unpaired) electrons. The van der Waals surface area contributed by atoms with Crippen molar-refractivity contribution in [3.8, 4) is 0 Å². The van der Waals surface area contributed by atoms with Crippen LogP contribution in [0.1, 0.15) is 17.5 Å². The summed E-state index contributed by atoms with van der Waals surface area (Å²) in [4.78, 5) is 15.9. The average molecular weight is 322 g/mol. The van der Waals surface area contributed by atoms with E-state index < -0.39 is 12.0 Å². The third kappa shape index (κ3) is 8.18. The number of aliphatic imine (C=N–C) groups is 1. The van der Waals surface area contributed by atoms with Crippen molar-refractivity contribution in [2.24, 2.45) is 16.5 Å². The molecule has 0 amide bonds. The number of ether oxygens (including phenoxy) is 2. The van der Waals surface area contributed by atoms with Crippen LogP contribution in [-0.2, 0) is 20.9 Å². The van der Waals surface area contributed by atoms with Crippen LogP contribution in [0.15, 0.2) is 29.3 Å². The number of benzene rings is 1. The molecule has 0 bridgehead atoms. The summed E-state index contributed by atoms with van der Waals surface area (Å²) < 4.78 is 10.1. The Hall–Kier alpha value is -2.12. The molecule has 0 heterocycles. The van der Waals surface area contributed by atoms with Gasteiger partial charge in [0, 0.05) is 13.7 Å². The second-order valence-electron chi connectivity index (χ2n) is 5.18. The first-order valence-electron chi connectivity index (χ1n) is 7.53. The van der Waals surface area contributed by atoms with Crippen molar-refractivity contribution in [1.29, 1.82) is 0 Å². The van der Waals surface area contributed by atoms with Crippen LogP contribution in [0.3, 0.4) is 0 Å². The Morgan fingerprint density at radius 2 is 2.22 bits per heavy atom. The summed E-state index contributed by atoms with van der Waals surface area (Å²) in [5.41, 5.74) is 13.5. The highest BCUT2D eigenvalue weighted by atomic mass is 16.5.